The predicted molar refractivity (Wildman–Crippen MR) is 251 cm³/mol. The molecule has 0 spiro atoms. The monoisotopic (exact) mass is 804 g/mol. The van der Waals surface area contributed by atoms with E-state index in [9.17, 15) is 0 Å². The number of imidazole rings is 2. The number of rotatable bonds is 6. The van der Waals surface area contributed by atoms with E-state index in [1.54, 1.807) is 0 Å². The van der Waals surface area contributed by atoms with E-state index in [1.165, 1.54) is 72.5 Å². The van der Waals surface area contributed by atoms with Gasteiger partial charge in [0.05, 0.1) is 17.5 Å². The van der Waals surface area contributed by atoms with Crippen LogP contribution in [0.2, 0.25) is 0 Å². The fourth-order valence-corrected chi connectivity index (χ4v) is 11.1. The number of allylic oxidation sites excluding steroid dienone is 1. The van der Waals surface area contributed by atoms with E-state index in [0.717, 1.165) is 41.9 Å². The summed E-state index contributed by atoms with van der Waals surface area (Å²) in [5, 5.41) is 2.37. The molecule has 2 aliphatic heterocycles. The molecular formula is C56H60N4O+2. The summed E-state index contributed by atoms with van der Waals surface area (Å²) >= 11 is 0. The van der Waals surface area contributed by atoms with Gasteiger partial charge in [-0.2, -0.15) is 13.7 Å². The first-order chi connectivity index (χ1) is 29.4. The summed E-state index contributed by atoms with van der Waals surface area (Å²) in [6.07, 6.45) is 12.0. The lowest BCUT2D eigenvalue weighted by Gasteiger charge is -2.41. The van der Waals surface area contributed by atoms with E-state index in [-0.39, 0.29) is 23.3 Å². The van der Waals surface area contributed by atoms with Gasteiger partial charge < -0.3 is 4.42 Å². The molecule has 8 aromatic rings. The zero-order valence-corrected chi connectivity index (χ0v) is 37.5. The van der Waals surface area contributed by atoms with Gasteiger partial charge >= 0.3 is 0 Å². The topological polar surface area (TPSA) is 30.8 Å². The van der Waals surface area contributed by atoms with E-state index in [2.05, 4.69) is 202 Å². The Hall–Kier alpha value is -5.94. The van der Waals surface area contributed by atoms with Gasteiger partial charge in [0.15, 0.2) is 0 Å². The molecule has 5 heteroatoms. The van der Waals surface area contributed by atoms with Crippen molar-refractivity contribution in [2.45, 2.75) is 117 Å². The Balaban J connectivity index is 1.21. The molecule has 0 bridgehead atoms. The molecule has 5 heterocycles. The number of aryl methyl sites for hydroxylation is 1. The highest BCUT2D eigenvalue weighted by molar-refractivity contribution is 6.07. The molecule has 0 radical (unpaired) electrons. The SMILES string of the molecule is C=C1CC2[n+]3ccn(-c4c(C(C)C)cccc4C(C)C)c3-c3ccccc3C2(C)CCc2ccccc2-c2n1cc[n+]2-c1c(C(C)C)cc2c(oc3ccccc32)c1C(C)C. The Morgan fingerprint density at radius 1 is 0.672 bits per heavy atom. The summed E-state index contributed by atoms with van der Waals surface area (Å²) in [5.74, 6) is 3.67. The zero-order valence-electron chi connectivity index (χ0n) is 37.5. The van der Waals surface area contributed by atoms with Crippen molar-refractivity contribution >= 4 is 27.6 Å². The highest BCUT2D eigenvalue weighted by Crippen LogP contribution is 2.50. The quantitative estimate of drug-likeness (QED) is 0.154. The van der Waals surface area contributed by atoms with Gasteiger partial charge in [0.25, 0.3) is 11.6 Å². The van der Waals surface area contributed by atoms with Crippen LogP contribution in [0.4, 0.5) is 0 Å². The van der Waals surface area contributed by atoms with Crippen molar-refractivity contribution in [1.82, 2.24) is 9.13 Å². The molecule has 3 aromatic heterocycles. The number of fused-ring (bicyclic) bond motifs is 12. The van der Waals surface area contributed by atoms with Crippen LogP contribution in [0.5, 0.6) is 0 Å². The van der Waals surface area contributed by atoms with Gasteiger partial charge in [-0.3, -0.25) is 0 Å². The lowest BCUT2D eigenvalue weighted by atomic mass is 9.67. The minimum absolute atomic E-state index is 0.123. The molecule has 2 aliphatic rings. The number of para-hydroxylation sites is 2. The average Bonchev–Trinajstić information content (AvgIpc) is 3.99. The van der Waals surface area contributed by atoms with Crippen LogP contribution in [-0.2, 0) is 11.8 Å². The van der Waals surface area contributed by atoms with Crippen molar-refractivity contribution in [3.05, 3.63) is 162 Å². The Labute approximate surface area is 361 Å². The first-order valence-corrected chi connectivity index (χ1v) is 22.6. The van der Waals surface area contributed by atoms with Gasteiger partial charge in [-0.25, -0.2) is 4.57 Å². The molecule has 5 aromatic carbocycles. The van der Waals surface area contributed by atoms with Gasteiger partial charge in [-0.15, -0.1) is 0 Å². The van der Waals surface area contributed by atoms with Crippen LogP contribution in [0.25, 0.3) is 61.8 Å². The lowest BCUT2D eigenvalue weighted by Crippen LogP contribution is -2.54. The minimum Gasteiger partial charge on any atom is -0.456 e. The summed E-state index contributed by atoms with van der Waals surface area (Å²) in [5.41, 5.74) is 16.1. The van der Waals surface area contributed by atoms with Crippen molar-refractivity contribution < 1.29 is 13.6 Å². The van der Waals surface area contributed by atoms with Crippen molar-refractivity contribution in [3.63, 3.8) is 0 Å². The molecule has 2 unspecified atom stereocenters. The molecule has 0 amide bonds. The van der Waals surface area contributed by atoms with Crippen molar-refractivity contribution in [2.75, 3.05) is 0 Å². The van der Waals surface area contributed by atoms with Gasteiger partial charge in [0, 0.05) is 38.4 Å². The van der Waals surface area contributed by atoms with Crippen molar-refractivity contribution in [3.8, 4) is 34.2 Å². The molecule has 5 nitrogen and oxygen atoms in total. The first-order valence-electron chi connectivity index (χ1n) is 22.6. The van der Waals surface area contributed by atoms with E-state index in [0.29, 0.717) is 11.8 Å². The highest BCUT2D eigenvalue weighted by Gasteiger charge is 2.50. The number of aromatic nitrogens is 4. The average molecular weight is 805 g/mol. The fraction of sp³-hybridized carbons (Fsp3) is 0.321. The van der Waals surface area contributed by atoms with Crippen LogP contribution in [0.15, 0.2) is 133 Å². The Kier molecular flexibility index (Phi) is 9.39. The molecule has 61 heavy (non-hydrogen) atoms. The van der Waals surface area contributed by atoms with Crippen LogP contribution >= 0.6 is 0 Å². The Morgan fingerprint density at radius 3 is 2.05 bits per heavy atom. The van der Waals surface area contributed by atoms with Crippen LogP contribution in [0.3, 0.4) is 0 Å². The molecule has 0 fully saturated rings. The number of benzene rings is 5. The molecule has 0 saturated carbocycles. The third kappa shape index (κ3) is 5.94. The van der Waals surface area contributed by atoms with E-state index >= 15 is 0 Å². The first kappa shape index (κ1) is 39.2. The zero-order chi connectivity index (χ0) is 42.5. The third-order valence-electron chi connectivity index (χ3n) is 14.2. The summed E-state index contributed by atoms with van der Waals surface area (Å²) < 4.78 is 16.8. The number of furan rings is 1. The maximum absolute atomic E-state index is 6.80. The Morgan fingerprint density at radius 2 is 1.33 bits per heavy atom. The van der Waals surface area contributed by atoms with Crippen LogP contribution in [0.1, 0.15) is 138 Å². The second-order valence-electron chi connectivity index (χ2n) is 19.3. The number of nitrogens with zero attached hydrogens (tertiary/aromatic N) is 4. The number of hydrogen-bond acceptors (Lipinski definition) is 1. The van der Waals surface area contributed by atoms with Crippen LogP contribution < -0.4 is 9.13 Å². The molecular weight excluding hydrogens is 745 g/mol. The molecule has 2 atom stereocenters. The van der Waals surface area contributed by atoms with Crippen molar-refractivity contribution in [1.29, 1.82) is 0 Å². The molecule has 308 valence electrons. The molecule has 10 rings (SSSR count). The Bertz CT molecular complexity index is 2990. The lowest BCUT2D eigenvalue weighted by molar-refractivity contribution is -0.722. The largest absolute Gasteiger partial charge is 0.456 e. The van der Waals surface area contributed by atoms with Crippen LogP contribution in [-0.4, -0.2) is 9.13 Å². The minimum atomic E-state index is -0.169. The summed E-state index contributed by atoms with van der Waals surface area (Å²) in [6.45, 7) is 26.1. The number of hydrogen-bond donors (Lipinski definition) is 0. The summed E-state index contributed by atoms with van der Waals surface area (Å²) in [6, 6.07) is 36.3. The molecule has 0 saturated heterocycles. The van der Waals surface area contributed by atoms with Gasteiger partial charge in [-0.05, 0) is 71.9 Å². The molecule has 0 aliphatic carbocycles. The van der Waals surface area contributed by atoms with E-state index in [4.69, 9.17) is 11.0 Å². The smallest absolute Gasteiger partial charge is 0.299 e. The summed E-state index contributed by atoms with van der Waals surface area (Å²) in [7, 11) is 0. The second-order valence-corrected chi connectivity index (χ2v) is 19.3. The van der Waals surface area contributed by atoms with Gasteiger partial charge in [-0.1, -0.05) is 142 Å². The van der Waals surface area contributed by atoms with E-state index in [1.807, 2.05) is 0 Å². The standard InChI is InChI=1S/C56H60N4O/c1-34(2)40-22-17-23-41(35(3)4)51(40)59-31-29-58-49-32-38(9)57-28-30-60(52-45(36(5)6)33-46-43-20-14-16-25-48(43)61-53(46)50(52)37(7)8)54(57)42-19-12-11-18-39(42)26-27-56(49,10)47-24-15-13-21-44(47)55(58)59/h11-25,28-31,33-37,49H,9,26-27,32H2,1-8,10H3/q+2. The fourth-order valence-electron chi connectivity index (χ4n) is 11.1. The normalized spacial score (nSPS) is 17.6. The van der Waals surface area contributed by atoms with E-state index < -0.39 is 0 Å². The maximum atomic E-state index is 6.80. The molecule has 0 N–H and O–H groups in total. The second kappa shape index (κ2) is 14.6. The van der Waals surface area contributed by atoms with Crippen molar-refractivity contribution in [2.24, 2.45) is 0 Å². The van der Waals surface area contributed by atoms with Crippen LogP contribution in [0, 0.1) is 0 Å². The predicted octanol–water partition coefficient (Wildman–Crippen LogP) is 13.9. The highest BCUT2D eigenvalue weighted by atomic mass is 16.3. The summed E-state index contributed by atoms with van der Waals surface area (Å²) in [4.78, 5) is 0. The maximum Gasteiger partial charge on any atom is 0.299 e. The van der Waals surface area contributed by atoms with Gasteiger partial charge in [0.1, 0.15) is 59.1 Å². The third-order valence-corrected chi connectivity index (χ3v) is 14.2. The van der Waals surface area contributed by atoms with Gasteiger partial charge in [0.2, 0.25) is 0 Å².